The van der Waals surface area contributed by atoms with E-state index in [0.29, 0.717) is 16.5 Å². The number of rotatable bonds is 8. The molecule has 0 aromatic rings. The molecule has 0 unspecified atom stereocenters. The predicted molar refractivity (Wildman–Crippen MR) is 72.8 cm³/mol. The van der Waals surface area contributed by atoms with E-state index < -0.39 is 9.15 Å². The molecule has 1 rings (SSSR count). The molecule has 0 saturated carbocycles. The van der Waals surface area contributed by atoms with E-state index in [4.69, 9.17) is 4.55 Å². The Morgan fingerprint density at radius 2 is 1.65 bits per heavy atom. The van der Waals surface area contributed by atoms with Crippen molar-refractivity contribution >= 4 is 19.9 Å². The highest BCUT2D eigenvalue weighted by molar-refractivity contribution is 8.69. The summed E-state index contributed by atoms with van der Waals surface area (Å²) < 4.78 is 29.4. The minimum Gasteiger partial charge on any atom is -0.303 e. The summed E-state index contributed by atoms with van der Waals surface area (Å²) in [5, 5.41) is 0. The SMILES string of the molecule is O=S(=O)(O)SCCCCCCN1CCCCC1. The van der Waals surface area contributed by atoms with Crippen LogP contribution >= 0.6 is 10.8 Å². The van der Waals surface area contributed by atoms with Gasteiger partial charge in [-0.1, -0.05) is 19.3 Å². The van der Waals surface area contributed by atoms with Crippen molar-refractivity contribution < 1.29 is 13.0 Å². The highest BCUT2D eigenvalue weighted by Gasteiger charge is 2.09. The van der Waals surface area contributed by atoms with E-state index in [9.17, 15) is 8.42 Å². The van der Waals surface area contributed by atoms with E-state index in [1.165, 1.54) is 45.3 Å². The van der Waals surface area contributed by atoms with Gasteiger partial charge in [-0.25, -0.2) is 0 Å². The van der Waals surface area contributed by atoms with Gasteiger partial charge in [-0.2, -0.15) is 8.42 Å². The zero-order valence-corrected chi connectivity index (χ0v) is 11.9. The molecule has 4 nitrogen and oxygen atoms in total. The maximum Gasteiger partial charge on any atom is 0.319 e. The monoisotopic (exact) mass is 281 g/mol. The van der Waals surface area contributed by atoms with Crippen LogP contribution in [0.4, 0.5) is 0 Å². The first-order chi connectivity index (χ1) is 8.08. The Kier molecular flexibility index (Phi) is 7.50. The molecule has 0 atom stereocenters. The van der Waals surface area contributed by atoms with Crippen LogP contribution in [-0.4, -0.2) is 43.3 Å². The van der Waals surface area contributed by atoms with Gasteiger partial charge in [0.15, 0.2) is 0 Å². The van der Waals surface area contributed by atoms with Crippen molar-refractivity contribution in [3.8, 4) is 0 Å². The molecule has 17 heavy (non-hydrogen) atoms. The lowest BCUT2D eigenvalue weighted by atomic mass is 10.1. The van der Waals surface area contributed by atoms with Gasteiger partial charge in [-0.15, -0.1) is 0 Å². The maximum absolute atomic E-state index is 10.4. The lowest BCUT2D eigenvalue weighted by Crippen LogP contribution is -2.30. The second kappa shape index (κ2) is 8.34. The minimum absolute atomic E-state index is 0.503. The van der Waals surface area contributed by atoms with Gasteiger partial charge in [0, 0.05) is 5.75 Å². The van der Waals surface area contributed by atoms with Crippen LogP contribution in [0, 0.1) is 0 Å². The predicted octanol–water partition coefficient (Wildman–Crippen LogP) is 2.57. The molecule has 0 radical (unpaired) electrons. The molecule has 0 aromatic carbocycles. The topological polar surface area (TPSA) is 57.6 Å². The number of hydrogen-bond donors (Lipinski definition) is 1. The Hall–Kier alpha value is 0.220. The normalized spacial score (nSPS) is 18.4. The molecule has 1 aliphatic rings. The Morgan fingerprint density at radius 1 is 1.00 bits per heavy atom. The molecule has 1 N–H and O–H groups in total. The molecule has 1 saturated heterocycles. The van der Waals surface area contributed by atoms with Crippen molar-refractivity contribution in [1.29, 1.82) is 0 Å². The van der Waals surface area contributed by atoms with E-state index in [1.807, 2.05) is 0 Å². The summed E-state index contributed by atoms with van der Waals surface area (Å²) in [6.07, 6.45) is 8.33. The van der Waals surface area contributed by atoms with Crippen LogP contribution in [0.25, 0.3) is 0 Å². The van der Waals surface area contributed by atoms with Crippen LogP contribution in [0.5, 0.6) is 0 Å². The van der Waals surface area contributed by atoms with E-state index >= 15 is 0 Å². The number of unbranched alkanes of at least 4 members (excludes halogenated alkanes) is 3. The van der Waals surface area contributed by atoms with Gasteiger partial charge in [-0.3, -0.25) is 4.55 Å². The summed E-state index contributed by atoms with van der Waals surface area (Å²) in [6, 6.07) is 0. The minimum atomic E-state index is -3.83. The van der Waals surface area contributed by atoms with Crippen LogP contribution in [0.2, 0.25) is 0 Å². The Morgan fingerprint density at radius 3 is 2.29 bits per heavy atom. The molecule has 0 aliphatic carbocycles. The summed E-state index contributed by atoms with van der Waals surface area (Å²) in [7, 11) is -3.19. The third-order valence-corrected chi connectivity index (χ3v) is 5.20. The summed E-state index contributed by atoms with van der Waals surface area (Å²) in [4.78, 5) is 2.52. The van der Waals surface area contributed by atoms with Crippen LogP contribution in [0.15, 0.2) is 0 Å². The molecule has 1 heterocycles. The second-order valence-electron chi connectivity index (χ2n) is 4.57. The highest BCUT2D eigenvalue weighted by Crippen LogP contribution is 2.14. The Balaban J connectivity index is 1.87. The molecule has 0 aromatic heterocycles. The molecular formula is C11H23NO3S2. The molecule has 6 heteroatoms. The maximum atomic E-state index is 10.4. The standard InChI is InChI=1S/C11H23NO3S2/c13-17(14,15)16-11-7-2-1-4-8-12-9-5-3-6-10-12/h1-11H2,(H,13,14,15). The third-order valence-electron chi connectivity index (χ3n) is 3.05. The number of hydrogen-bond acceptors (Lipinski definition) is 4. The molecule has 1 fully saturated rings. The average molecular weight is 281 g/mol. The zero-order chi connectivity index (χ0) is 12.6. The van der Waals surface area contributed by atoms with Crippen molar-refractivity contribution in [2.45, 2.75) is 44.9 Å². The largest absolute Gasteiger partial charge is 0.319 e. The van der Waals surface area contributed by atoms with Crippen LogP contribution < -0.4 is 0 Å². The smallest absolute Gasteiger partial charge is 0.303 e. The van der Waals surface area contributed by atoms with Crippen LogP contribution in [0.1, 0.15) is 44.9 Å². The first-order valence-corrected chi connectivity index (χ1v) is 9.36. The van der Waals surface area contributed by atoms with Gasteiger partial charge in [0.25, 0.3) is 0 Å². The summed E-state index contributed by atoms with van der Waals surface area (Å²) in [5.74, 6) is 0.503. The van der Waals surface area contributed by atoms with E-state index in [-0.39, 0.29) is 0 Å². The lowest BCUT2D eigenvalue weighted by Gasteiger charge is -2.26. The average Bonchev–Trinajstić information content (AvgIpc) is 2.28. The first kappa shape index (κ1) is 15.3. The van der Waals surface area contributed by atoms with Crippen LogP contribution in [0.3, 0.4) is 0 Å². The molecule has 0 amide bonds. The number of likely N-dealkylation sites (tertiary alicyclic amines) is 1. The molecule has 0 spiro atoms. The summed E-state index contributed by atoms with van der Waals surface area (Å²) >= 11 is 0. The number of nitrogens with zero attached hydrogens (tertiary/aromatic N) is 1. The Labute approximate surface area is 108 Å². The van der Waals surface area contributed by atoms with Crippen molar-refractivity contribution in [3.05, 3.63) is 0 Å². The first-order valence-electron chi connectivity index (χ1n) is 6.42. The fraction of sp³-hybridized carbons (Fsp3) is 1.00. The van der Waals surface area contributed by atoms with Crippen molar-refractivity contribution in [2.24, 2.45) is 0 Å². The van der Waals surface area contributed by atoms with Gasteiger partial charge < -0.3 is 4.90 Å². The van der Waals surface area contributed by atoms with Crippen molar-refractivity contribution in [1.82, 2.24) is 4.90 Å². The van der Waals surface area contributed by atoms with Gasteiger partial charge in [0.2, 0.25) is 0 Å². The third kappa shape index (κ3) is 8.88. The van der Waals surface area contributed by atoms with Gasteiger partial charge in [0.05, 0.1) is 0 Å². The fourth-order valence-electron chi connectivity index (χ4n) is 2.14. The molecule has 1 aliphatic heterocycles. The molecule has 0 bridgehead atoms. The van der Waals surface area contributed by atoms with Crippen LogP contribution in [-0.2, 0) is 9.15 Å². The van der Waals surface area contributed by atoms with Crippen molar-refractivity contribution in [3.63, 3.8) is 0 Å². The quantitative estimate of drug-likeness (QED) is 0.421. The summed E-state index contributed by atoms with van der Waals surface area (Å²) in [5.41, 5.74) is 0. The lowest BCUT2D eigenvalue weighted by molar-refractivity contribution is 0.224. The fourth-order valence-corrected chi connectivity index (χ4v) is 3.66. The van der Waals surface area contributed by atoms with Gasteiger partial charge >= 0.3 is 9.15 Å². The second-order valence-corrected chi connectivity index (χ2v) is 8.04. The Bertz CT molecular complexity index is 287. The highest BCUT2D eigenvalue weighted by atomic mass is 33.1. The number of piperidine rings is 1. The van der Waals surface area contributed by atoms with Gasteiger partial charge in [-0.05, 0) is 56.1 Å². The molecular weight excluding hydrogens is 258 g/mol. The zero-order valence-electron chi connectivity index (χ0n) is 10.3. The van der Waals surface area contributed by atoms with E-state index in [0.717, 1.165) is 19.3 Å². The van der Waals surface area contributed by atoms with Crippen molar-refractivity contribution in [2.75, 3.05) is 25.4 Å². The van der Waals surface area contributed by atoms with Gasteiger partial charge in [0.1, 0.15) is 0 Å². The van der Waals surface area contributed by atoms with E-state index in [2.05, 4.69) is 4.90 Å². The van der Waals surface area contributed by atoms with E-state index in [1.54, 1.807) is 0 Å². The summed E-state index contributed by atoms with van der Waals surface area (Å²) in [6.45, 7) is 3.68. The molecule has 102 valence electrons.